The molecule has 1 aliphatic rings. The van der Waals surface area contributed by atoms with Crippen LogP contribution < -0.4 is 4.90 Å². The Balaban J connectivity index is 1.80. The van der Waals surface area contributed by atoms with Gasteiger partial charge in [-0.15, -0.1) is 0 Å². The zero-order chi connectivity index (χ0) is 15.3. The number of carbonyl (C=O) groups excluding carboxylic acids is 1. The minimum Gasteiger partial charge on any atom is -0.302 e. The van der Waals surface area contributed by atoms with Gasteiger partial charge in [-0.25, -0.2) is 0 Å². The van der Waals surface area contributed by atoms with E-state index in [1.807, 2.05) is 30.3 Å². The second-order valence-electron chi connectivity index (χ2n) is 5.19. The standard InChI is InChI=1S/C17H10Cl2N2O/c18-11-1-4-13(5-2-11)21-9-16-14(17(21)22)8-10-7-12(19)3-6-15(10)20-16/h1-8H,9H2. The van der Waals surface area contributed by atoms with Gasteiger partial charge < -0.3 is 4.90 Å². The van der Waals surface area contributed by atoms with E-state index in [1.165, 1.54) is 0 Å². The van der Waals surface area contributed by atoms with Crippen molar-refractivity contribution in [3.8, 4) is 0 Å². The summed E-state index contributed by atoms with van der Waals surface area (Å²) in [5, 5.41) is 2.15. The Hall–Kier alpha value is -2.10. The molecule has 1 amide bonds. The van der Waals surface area contributed by atoms with Crippen molar-refractivity contribution in [1.82, 2.24) is 4.98 Å². The van der Waals surface area contributed by atoms with E-state index in [-0.39, 0.29) is 5.91 Å². The number of carbonyl (C=O) groups is 1. The summed E-state index contributed by atoms with van der Waals surface area (Å²) < 4.78 is 0. The number of anilines is 1. The van der Waals surface area contributed by atoms with Crippen molar-refractivity contribution in [3.63, 3.8) is 0 Å². The van der Waals surface area contributed by atoms with Crippen LogP contribution >= 0.6 is 23.2 Å². The van der Waals surface area contributed by atoms with Crippen LogP contribution in [0, 0.1) is 0 Å². The molecule has 0 saturated carbocycles. The predicted octanol–water partition coefficient (Wildman–Crippen LogP) is 4.70. The molecule has 1 aromatic heterocycles. The van der Waals surface area contributed by atoms with Gasteiger partial charge in [-0.3, -0.25) is 9.78 Å². The van der Waals surface area contributed by atoms with Crippen molar-refractivity contribution in [2.45, 2.75) is 6.54 Å². The van der Waals surface area contributed by atoms with Crippen LogP contribution in [0.5, 0.6) is 0 Å². The van der Waals surface area contributed by atoms with E-state index in [9.17, 15) is 4.79 Å². The fourth-order valence-electron chi connectivity index (χ4n) is 2.69. The number of amides is 1. The minimum atomic E-state index is -0.0494. The Morgan fingerprint density at radius 3 is 2.45 bits per heavy atom. The average molecular weight is 329 g/mol. The van der Waals surface area contributed by atoms with Gasteiger partial charge in [-0.1, -0.05) is 23.2 Å². The van der Waals surface area contributed by atoms with Gasteiger partial charge in [-0.05, 0) is 48.5 Å². The average Bonchev–Trinajstić information content (AvgIpc) is 2.82. The van der Waals surface area contributed by atoms with Crippen LogP contribution in [0.3, 0.4) is 0 Å². The van der Waals surface area contributed by atoms with Crippen LogP contribution in [0.2, 0.25) is 10.0 Å². The first-order chi connectivity index (χ1) is 10.6. The largest absolute Gasteiger partial charge is 0.302 e. The highest BCUT2D eigenvalue weighted by molar-refractivity contribution is 6.31. The third kappa shape index (κ3) is 2.14. The van der Waals surface area contributed by atoms with E-state index < -0.39 is 0 Å². The molecule has 0 bridgehead atoms. The number of pyridine rings is 1. The monoisotopic (exact) mass is 328 g/mol. The fraction of sp³-hybridized carbons (Fsp3) is 0.0588. The first kappa shape index (κ1) is 13.6. The van der Waals surface area contributed by atoms with Crippen molar-refractivity contribution in [2.75, 3.05) is 4.90 Å². The summed E-state index contributed by atoms with van der Waals surface area (Å²) in [5.41, 5.74) is 3.07. The zero-order valence-corrected chi connectivity index (χ0v) is 12.9. The molecule has 0 unspecified atom stereocenters. The maximum Gasteiger partial charge on any atom is 0.260 e. The van der Waals surface area contributed by atoms with E-state index in [0.29, 0.717) is 22.2 Å². The molecule has 1 aliphatic heterocycles. The highest BCUT2D eigenvalue weighted by atomic mass is 35.5. The quantitative estimate of drug-likeness (QED) is 0.648. The van der Waals surface area contributed by atoms with Crippen molar-refractivity contribution < 1.29 is 4.79 Å². The van der Waals surface area contributed by atoms with Crippen molar-refractivity contribution in [2.24, 2.45) is 0 Å². The molecule has 0 atom stereocenters. The third-order valence-electron chi connectivity index (χ3n) is 3.78. The molecule has 0 saturated heterocycles. The maximum absolute atomic E-state index is 12.6. The first-order valence-electron chi connectivity index (χ1n) is 6.78. The van der Waals surface area contributed by atoms with Gasteiger partial charge >= 0.3 is 0 Å². The van der Waals surface area contributed by atoms with E-state index in [2.05, 4.69) is 4.98 Å². The van der Waals surface area contributed by atoms with Crippen LogP contribution in [-0.2, 0) is 6.54 Å². The number of fused-ring (bicyclic) bond motifs is 2. The molecule has 0 N–H and O–H groups in total. The summed E-state index contributed by atoms with van der Waals surface area (Å²) in [6.45, 7) is 0.467. The number of aromatic nitrogens is 1. The summed E-state index contributed by atoms with van der Waals surface area (Å²) in [5.74, 6) is -0.0494. The Kier molecular flexibility index (Phi) is 3.06. The third-order valence-corrected chi connectivity index (χ3v) is 4.26. The van der Waals surface area contributed by atoms with Crippen LogP contribution in [0.4, 0.5) is 5.69 Å². The minimum absolute atomic E-state index is 0.0494. The second-order valence-corrected chi connectivity index (χ2v) is 6.06. The molecule has 0 fully saturated rings. The van der Waals surface area contributed by atoms with Gasteiger partial charge in [0.15, 0.2) is 0 Å². The topological polar surface area (TPSA) is 33.2 Å². The molecule has 108 valence electrons. The van der Waals surface area contributed by atoms with Crippen molar-refractivity contribution in [3.05, 3.63) is 69.8 Å². The number of hydrogen-bond acceptors (Lipinski definition) is 2. The lowest BCUT2D eigenvalue weighted by Gasteiger charge is -2.15. The van der Waals surface area contributed by atoms with E-state index in [1.54, 1.807) is 23.1 Å². The normalized spacial score (nSPS) is 13.7. The molecule has 22 heavy (non-hydrogen) atoms. The molecule has 0 aliphatic carbocycles. The highest BCUT2D eigenvalue weighted by Gasteiger charge is 2.30. The number of nitrogens with zero attached hydrogens (tertiary/aromatic N) is 2. The van der Waals surface area contributed by atoms with Gasteiger partial charge in [0.2, 0.25) is 0 Å². The fourth-order valence-corrected chi connectivity index (χ4v) is 3.00. The molecule has 0 radical (unpaired) electrons. The lowest BCUT2D eigenvalue weighted by atomic mass is 10.1. The van der Waals surface area contributed by atoms with Crippen LogP contribution in [-0.4, -0.2) is 10.9 Å². The molecule has 2 aromatic carbocycles. The molecular weight excluding hydrogens is 319 g/mol. The van der Waals surface area contributed by atoms with Gasteiger partial charge in [0.1, 0.15) is 0 Å². The van der Waals surface area contributed by atoms with E-state index in [4.69, 9.17) is 23.2 Å². The Labute approximate surface area is 137 Å². The SMILES string of the molecule is O=C1c2cc3cc(Cl)ccc3nc2CN1c1ccc(Cl)cc1. The van der Waals surface area contributed by atoms with E-state index in [0.717, 1.165) is 22.3 Å². The summed E-state index contributed by atoms with van der Waals surface area (Å²) >= 11 is 11.9. The predicted molar refractivity (Wildman–Crippen MR) is 88.7 cm³/mol. The summed E-state index contributed by atoms with van der Waals surface area (Å²) in [7, 11) is 0. The summed E-state index contributed by atoms with van der Waals surface area (Å²) in [6, 6.07) is 14.6. The van der Waals surface area contributed by atoms with Gasteiger partial charge in [0.05, 0.1) is 23.3 Å². The number of halogens is 2. The van der Waals surface area contributed by atoms with Crippen LogP contribution in [0.15, 0.2) is 48.5 Å². The van der Waals surface area contributed by atoms with Crippen molar-refractivity contribution >= 4 is 45.7 Å². The van der Waals surface area contributed by atoms with Gasteiger partial charge in [0.25, 0.3) is 5.91 Å². The Morgan fingerprint density at radius 2 is 1.68 bits per heavy atom. The second kappa shape index (κ2) is 4.97. The Bertz CT molecular complexity index is 906. The Morgan fingerprint density at radius 1 is 0.955 bits per heavy atom. The molecule has 3 nitrogen and oxygen atoms in total. The lowest BCUT2D eigenvalue weighted by Crippen LogP contribution is -2.22. The van der Waals surface area contributed by atoms with Crippen LogP contribution in [0.1, 0.15) is 16.1 Å². The summed E-state index contributed by atoms with van der Waals surface area (Å²) in [4.78, 5) is 18.9. The van der Waals surface area contributed by atoms with Crippen molar-refractivity contribution in [1.29, 1.82) is 0 Å². The molecule has 2 heterocycles. The lowest BCUT2D eigenvalue weighted by molar-refractivity contribution is 0.0996. The highest BCUT2D eigenvalue weighted by Crippen LogP contribution is 2.30. The molecule has 3 aromatic rings. The van der Waals surface area contributed by atoms with E-state index >= 15 is 0 Å². The number of benzene rings is 2. The van der Waals surface area contributed by atoms with Crippen LogP contribution in [0.25, 0.3) is 10.9 Å². The van der Waals surface area contributed by atoms with Gasteiger partial charge in [-0.2, -0.15) is 0 Å². The molecule has 0 spiro atoms. The first-order valence-corrected chi connectivity index (χ1v) is 7.54. The number of rotatable bonds is 1. The smallest absolute Gasteiger partial charge is 0.260 e. The molecule has 4 rings (SSSR count). The molecule has 5 heteroatoms. The summed E-state index contributed by atoms with van der Waals surface area (Å²) in [6.07, 6.45) is 0. The molecular formula is C17H10Cl2N2O. The van der Waals surface area contributed by atoms with Gasteiger partial charge in [0, 0.05) is 21.1 Å². The number of hydrogen-bond donors (Lipinski definition) is 0. The zero-order valence-electron chi connectivity index (χ0n) is 11.4. The maximum atomic E-state index is 12.6.